The smallest absolute Gasteiger partial charge is 0.186 e. The number of rotatable bonds is 3. The van der Waals surface area contributed by atoms with Crippen molar-refractivity contribution >= 4 is 16.9 Å². The van der Waals surface area contributed by atoms with Gasteiger partial charge in [-0.3, -0.25) is 4.79 Å². The highest BCUT2D eigenvalue weighted by atomic mass is 32.2. The van der Waals surface area contributed by atoms with Crippen molar-refractivity contribution in [2.24, 2.45) is 0 Å². The fraction of sp³-hybridized carbons (Fsp3) is 0.458. The van der Waals surface area contributed by atoms with E-state index in [1.165, 1.54) is 17.3 Å². The van der Waals surface area contributed by atoms with Crippen LogP contribution in [0.5, 0.6) is 5.75 Å². The van der Waals surface area contributed by atoms with Crippen LogP contribution >= 0.6 is 11.8 Å². The molecule has 0 amide bonds. The first-order valence-corrected chi connectivity index (χ1v) is 10.3. The molecule has 27 heavy (non-hydrogen) atoms. The maximum absolute atomic E-state index is 12.0. The fourth-order valence-corrected chi connectivity index (χ4v) is 4.08. The minimum Gasteiger partial charge on any atom is -0.507 e. The average Bonchev–Trinajstić information content (AvgIpc) is 2.51. The van der Waals surface area contributed by atoms with Crippen LogP contribution in [0, 0.1) is 6.92 Å². The zero-order valence-electron chi connectivity index (χ0n) is 17.8. The highest BCUT2D eigenvalue weighted by Gasteiger charge is 2.29. The lowest BCUT2D eigenvalue weighted by Crippen LogP contribution is -2.18. The molecule has 0 bridgehead atoms. The van der Waals surface area contributed by atoms with Gasteiger partial charge >= 0.3 is 0 Å². The molecule has 1 unspecified atom stereocenters. The summed E-state index contributed by atoms with van der Waals surface area (Å²) in [7, 11) is 0. The molecule has 0 radical (unpaired) electrons. The Labute approximate surface area is 168 Å². The summed E-state index contributed by atoms with van der Waals surface area (Å²) >= 11 is 1.34. The molecule has 146 valence electrons. The van der Waals surface area contributed by atoms with Crippen molar-refractivity contribution < 1.29 is 9.90 Å². The van der Waals surface area contributed by atoms with E-state index in [1.807, 2.05) is 0 Å². The molecule has 0 aliphatic carbocycles. The second-order valence-electron chi connectivity index (χ2n) is 9.36. The number of carbonyl (C=O) groups excluding carboxylic acids is 1. The lowest BCUT2D eigenvalue weighted by molar-refractivity contribution is -0.109. The van der Waals surface area contributed by atoms with E-state index in [1.54, 1.807) is 6.92 Å². The molecule has 0 saturated heterocycles. The summed E-state index contributed by atoms with van der Waals surface area (Å²) in [5.41, 5.74) is 4.81. The summed E-state index contributed by atoms with van der Waals surface area (Å²) in [6.07, 6.45) is 0. The van der Waals surface area contributed by atoms with Gasteiger partial charge in [0.2, 0.25) is 0 Å². The molecular weight excluding hydrogens is 352 g/mol. The molecule has 0 aromatic heterocycles. The predicted octanol–water partition coefficient (Wildman–Crippen LogP) is 6.66. The standard InChI is InChI=1S/C24H32O2S/c1-15-9-11-17(12-10-15)22(27-16(2)25)18-13-19(23(3,4)5)21(26)20(14-18)24(6,7)8/h9-14,22,26H,1-8H3. The van der Waals surface area contributed by atoms with Gasteiger partial charge in [-0.1, -0.05) is 95.3 Å². The first-order chi connectivity index (χ1) is 12.3. The largest absolute Gasteiger partial charge is 0.507 e. The topological polar surface area (TPSA) is 37.3 Å². The predicted molar refractivity (Wildman–Crippen MR) is 117 cm³/mol. The molecule has 0 fully saturated rings. The van der Waals surface area contributed by atoms with Gasteiger partial charge in [-0.15, -0.1) is 0 Å². The molecule has 1 atom stereocenters. The summed E-state index contributed by atoms with van der Waals surface area (Å²) < 4.78 is 0. The van der Waals surface area contributed by atoms with Gasteiger partial charge in [0.1, 0.15) is 5.75 Å². The molecule has 2 nitrogen and oxygen atoms in total. The van der Waals surface area contributed by atoms with Crippen LogP contribution < -0.4 is 0 Å². The molecular formula is C24H32O2S. The van der Waals surface area contributed by atoms with Gasteiger partial charge < -0.3 is 5.11 Å². The Morgan fingerprint density at radius 3 is 1.70 bits per heavy atom. The van der Waals surface area contributed by atoms with Gasteiger partial charge in [0.25, 0.3) is 0 Å². The zero-order valence-corrected chi connectivity index (χ0v) is 18.6. The van der Waals surface area contributed by atoms with E-state index in [0.29, 0.717) is 5.75 Å². The van der Waals surface area contributed by atoms with Crippen LogP contribution in [0.15, 0.2) is 36.4 Å². The molecule has 0 heterocycles. The first-order valence-electron chi connectivity index (χ1n) is 9.42. The van der Waals surface area contributed by atoms with Crippen molar-refractivity contribution in [3.8, 4) is 5.75 Å². The molecule has 0 saturated carbocycles. The number of carbonyl (C=O) groups is 1. The Bertz CT molecular complexity index is 786. The van der Waals surface area contributed by atoms with Crippen LogP contribution in [0.25, 0.3) is 0 Å². The van der Waals surface area contributed by atoms with Crippen LogP contribution in [-0.2, 0) is 15.6 Å². The fourth-order valence-electron chi connectivity index (χ4n) is 3.19. The third-order valence-electron chi connectivity index (χ3n) is 4.71. The van der Waals surface area contributed by atoms with Crippen LogP contribution in [-0.4, -0.2) is 10.2 Å². The molecule has 2 aromatic rings. The Morgan fingerprint density at radius 1 is 0.889 bits per heavy atom. The third kappa shape index (κ3) is 5.16. The number of aromatic hydroxyl groups is 1. The van der Waals surface area contributed by atoms with Gasteiger partial charge in [0, 0.05) is 6.92 Å². The Balaban J connectivity index is 2.74. The van der Waals surface area contributed by atoms with Crippen molar-refractivity contribution in [3.05, 3.63) is 64.2 Å². The molecule has 2 rings (SSSR count). The third-order valence-corrected chi connectivity index (χ3v) is 5.83. The lowest BCUT2D eigenvalue weighted by Gasteiger charge is -2.30. The van der Waals surface area contributed by atoms with E-state index in [0.717, 1.165) is 22.3 Å². The number of aryl methyl sites for hydroxylation is 1. The van der Waals surface area contributed by atoms with E-state index in [2.05, 4.69) is 84.9 Å². The van der Waals surface area contributed by atoms with Gasteiger partial charge in [0.15, 0.2) is 5.12 Å². The Kier molecular flexibility index (Phi) is 6.16. The Morgan fingerprint density at radius 2 is 1.33 bits per heavy atom. The maximum atomic E-state index is 12.0. The van der Waals surface area contributed by atoms with Crippen LogP contribution in [0.2, 0.25) is 0 Å². The summed E-state index contributed by atoms with van der Waals surface area (Å²) in [6.45, 7) is 16.3. The Hall–Kier alpha value is -1.74. The van der Waals surface area contributed by atoms with Crippen LogP contribution in [0.4, 0.5) is 0 Å². The number of thioether (sulfide) groups is 1. The van der Waals surface area contributed by atoms with E-state index < -0.39 is 0 Å². The van der Waals surface area contributed by atoms with Crippen LogP contribution in [0.1, 0.15) is 81.5 Å². The molecule has 0 aliphatic heterocycles. The van der Waals surface area contributed by atoms with Gasteiger partial charge in [-0.05, 0) is 40.0 Å². The van der Waals surface area contributed by atoms with Crippen molar-refractivity contribution in [2.75, 3.05) is 0 Å². The van der Waals surface area contributed by atoms with Crippen molar-refractivity contribution in [1.29, 1.82) is 0 Å². The van der Waals surface area contributed by atoms with Gasteiger partial charge in [-0.2, -0.15) is 0 Å². The monoisotopic (exact) mass is 384 g/mol. The molecule has 1 N–H and O–H groups in total. The van der Waals surface area contributed by atoms with Crippen molar-refractivity contribution in [3.63, 3.8) is 0 Å². The molecule has 0 aliphatic rings. The summed E-state index contributed by atoms with van der Waals surface area (Å²) in [6, 6.07) is 12.5. The highest BCUT2D eigenvalue weighted by Crippen LogP contribution is 2.44. The van der Waals surface area contributed by atoms with E-state index in [9.17, 15) is 9.90 Å². The zero-order chi connectivity index (χ0) is 20.6. The van der Waals surface area contributed by atoms with E-state index in [-0.39, 0.29) is 21.2 Å². The summed E-state index contributed by atoms with van der Waals surface area (Å²) in [4.78, 5) is 12.0. The number of hydrogen-bond acceptors (Lipinski definition) is 3. The van der Waals surface area contributed by atoms with Crippen molar-refractivity contribution in [2.45, 2.75) is 71.5 Å². The minimum absolute atomic E-state index is 0.0864. The number of phenols is 1. The summed E-state index contributed by atoms with van der Waals surface area (Å²) in [5.74, 6) is 0.370. The van der Waals surface area contributed by atoms with Crippen molar-refractivity contribution in [1.82, 2.24) is 0 Å². The second kappa shape index (κ2) is 7.71. The normalized spacial score (nSPS) is 13.5. The SMILES string of the molecule is CC(=O)SC(c1ccc(C)cc1)c1cc(C(C)(C)C)c(O)c(C(C)(C)C)c1. The number of phenolic OH excluding ortho intramolecular Hbond substituents is 1. The van der Waals surface area contributed by atoms with Gasteiger partial charge in [-0.25, -0.2) is 0 Å². The minimum atomic E-state index is -0.196. The first kappa shape index (κ1) is 21.6. The molecule has 2 aromatic carbocycles. The molecule has 0 spiro atoms. The number of hydrogen-bond donors (Lipinski definition) is 1. The average molecular weight is 385 g/mol. The second-order valence-corrected chi connectivity index (χ2v) is 10.6. The van der Waals surface area contributed by atoms with Gasteiger partial charge in [0.05, 0.1) is 5.25 Å². The molecule has 3 heteroatoms. The highest BCUT2D eigenvalue weighted by molar-refractivity contribution is 8.13. The lowest BCUT2D eigenvalue weighted by atomic mass is 9.78. The quantitative estimate of drug-likeness (QED) is 0.642. The van der Waals surface area contributed by atoms with E-state index in [4.69, 9.17) is 0 Å². The summed E-state index contributed by atoms with van der Waals surface area (Å²) in [5, 5.41) is 11.0. The van der Waals surface area contributed by atoms with E-state index >= 15 is 0 Å². The van der Waals surface area contributed by atoms with Crippen LogP contribution in [0.3, 0.4) is 0 Å². The number of benzene rings is 2. The maximum Gasteiger partial charge on any atom is 0.186 e.